The molecule has 0 saturated carbocycles. The summed E-state index contributed by atoms with van der Waals surface area (Å²) in [6.45, 7) is 8.50. The molecule has 1 saturated heterocycles. The number of nitrogens with zero attached hydrogens (tertiary/aromatic N) is 2. The number of carbonyl (C=O) groups is 2. The van der Waals surface area contributed by atoms with Gasteiger partial charge >= 0.3 is 6.09 Å². The Kier molecular flexibility index (Phi) is 6.08. The van der Waals surface area contributed by atoms with Crippen molar-refractivity contribution >= 4 is 35.0 Å². The molecular formula is C26H32ClN3O3. The largest absolute Gasteiger partial charge is 0.444 e. The number of hydrogen-bond donors (Lipinski definition) is 1. The van der Waals surface area contributed by atoms with E-state index in [0.29, 0.717) is 24.5 Å². The maximum absolute atomic E-state index is 12.7. The van der Waals surface area contributed by atoms with Gasteiger partial charge in [-0.2, -0.15) is 0 Å². The van der Waals surface area contributed by atoms with Gasteiger partial charge in [0, 0.05) is 29.9 Å². The van der Waals surface area contributed by atoms with Crippen molar-refractivity contribution < 1.29 is 14.3 Å². The lowest BCUT2D eigenvalue weighted by atomic mass is 9.80. The van der Waals surface area contributed by atoms with Crippen molar-refractivity contribution in [2.75, 3.05) is 30.4 Å². The van der Waals surface area contributed by atoms with Crippen LogP contribution < -0.4 is 10.2 Å². The average molecular weight is 470 g/mol. The van der Waals surface area contributed by atoms with Crippen LogP contribution in [0.1, 0.15) is 50.3 Å². The molecule has 2 aliphatic heterocycles. The number of aryl methyl sites for hydroxylation is 1. The third-order valence-corrected chi connectivity index (χ3v) is 6.81. The number of ether oxygens (including phenoxy) is 1. The van der Waals surface area contributed by atoms with E-state index in [-0.39, 0.29) is 12.0 Å². The Morgan fingerprint density at radius 3 is 2.58 bits per heavy atom. The van der Waals surface area contributed by atoms with Gasteiger partial charge in [-0.3, -0.25) is 4.79 Å². The second-order valence-electron chi connectivity index (χ2n) is 10.1. The highest BCUT2D eigenvalue weighted by Gasteiger charge is 2.49. The summed E-state index contributed by atoms with van der Waals surface area (Å²) in [4.78, 5) is 28.5. The SMILES string of the molecule is Cc1c(Cl)cccc1C1(Nc2ccc3c(c2)N(C)C(=O)CCC3)CN(C(=O)OC(C)(C)C)C1. The van der Waals surface area contributed by atoms with Gasteiger partial charge in [-0.05, 0) is 75.4 Å². The summed E-state index contributed by atoms with van der Waals surface area (Å²) in [7, 11) is 1.83. The molecule has 2 heterocycles. The van der Waals surface area contributed by atoms with E-state index in [9.17, 15) is 9.59 Å². The van der Waals surface area contributed by atoms with Crippen LogP contribution in [0.15, 0.2) is 36.4 Å². The van der Waals surface area contributed by atoms with Crippen LogP contribution in [-0.2, 0) is 21.5 Å². The summed E-state index contributed by atoms with van der Waals surface area (Å²) in [5.41, 5.74) is 3.98. The fourth-order valence-electron chi connectivity index (χ4n) is 4.68. The Morgan fingerprint density at radius 2 is 1.88 bits per heavy atom. The first-order valence-corrected chi connectivity index (χ1v) is 11.8. The van der Waals surface area contributed by atoms with Gasteiger partial charge in [-0.25, -0.2) is 4.79 Å². The molecule has 33 heavy (non-hydrogen) atoms. The second kappa shape index (κ2) is 8.56. The number of anilines is 2. The molecule has 0 radical (unpaired) electrons. The molecule has 0 aliphatic carbocycles. The predicted molar refractivity (Wildman–Crippen MR) is 132 cm³/mol. The Morgan fingerprint density at radius 1 is 1.15 bits per heavy atom. The molecular weight excluding hydrogens is 438 g/mol. The Hall–Kier alpha value is -2.73. The fourth-order valence-corrected chi connectivity index (χ4v) is 4.85. The van der Waals surface area contributed by atoms with Crippen molar-refractivity contribution in [2.45, 2.75) is 58.1 Å². The van der Waals surface area contributed by atoms with Crippen molar-refractivity contribution in [2.24, 2.45) is 0 Å². The van der Waals surface area contributed by atoms with Gasteiger partial charge in [0.25, 0.3) is 0 Å². The molecule has 4 rings (SSSR count). The van der Waals surface area contributed by atoms with Gasteiger partial charge in [-0.1, -0.05) is 29.8 Å². The van der Waals surface area contributed by atoms with Gasteiger partial charge in [-0.15, -0.1) is 0 Å². The average Bonchev–Trinajstić information content (AvgIpc) is 2.84. The fraction of sp³-hybridized carbons (Fsp3) is 0.462. The zero-order valence-electron chi connectivity index (χ0n) is 20.0. The van der Waals surface area contributed by atoms with Crippen molar-refractivity contribution in [3.05, 3.63) is 58.1 Å². The topological polar surface area (TPSA) is 61.9 Å². The maximum Gasteiger partial charge on any atom is 0.410 e. The molecule has 2 aromatic carbocycles. The van der Waals surface area contributed by atoms with Gasteiger partial charge in [0.15, 0.2) is 0 Å². The Balaban J connectivity index is 1.66. The van der Waals surface area contributed by atoms with E-state index in [1.54, 1.807) is 9.80 Å². The summed E-state index contributed by atoms with van der Waals surface area (Å²) in [5, 5.41) is 4.38. The first-order chi connectivity index (χ1) is 15.5. The minimum Gasteiger partial charge on any atom is -0.444 e. The monoisotopic (exact) mass is 469 g/mol. The number of hydrogen-bond acceptors (Lipinski definition) is 4. The highest BCUT2D eigenvalue weighted by atomic mass is 35.5. The number of benzene rings is 2. The number of carbonyl (C=O) groups excluding carboxylic acids is 2. The van der Waals surface area contributed by atoms with Crippen molar-refractivity contribution in [1.29, 1.82) is 0 Å². The van der Waals surface area contributed by atoms with Crippen molar-refractivity contribution in [1.82, 2.24) is 4.90 Å². The predicted octanol–water partition coefficient (Wildman–Crippen LogP) is 5.51. The first-order valence-electron chi connectivity index (χ1n) is 11.4. The molecule has 2 amide bonds. The maximum atomic E-state index is 12.7. The van der Waals surface area contributed by atoms with Gasteiger partial charge in [0.2, 0.25) is 5.91 Å². The molecule has 6 nitrogen and oxygen atoms in total. The zero-order chi connectivity index (χ0) is 24.0. The summed E-state index contributed by atoms with van der Waals surface area (Å²) >= 11 is 6.46. The number of fused-ring (bicyclic) bond motifs is 1. The quantitative estimate of drug-likeness (QED) is 0.644. The third-order valence-electron chi connectivity index (χ3n) is 6.40. The molecule has 0 bridgehead atoms. The number of rotatable bonds is 3. The van der Waals surface area contributed by atoms with Gasteiger partial charge in [0.1, 0.15) is 5.60 Å². The lowest BCUT2D eigenvalue weighted by molar-refractivity contribution is -0.118. The summed E-state index contributed by atoms with van der Waals surface area (Å²) in [6, 6.07) is 12.1. The minimum atomic E-state index is -0.553. The molecule has 176 valence electrons. The van der Waals surface area contributed by atoms with E-state index < -0.39 is 11.1 Å². The van der Waals surface area contributed by atoms with Crippen molar-refractivity contribution in [3.63, 3.8) is 0 Å². The molecule has 2 aliphatic rings. The summed E-state index contributed by atoms with van der Waals surface area (Å²) in [5.74, 6) is 0.131. The van der Waals surface area contributed by atoms with Crippen LogP contribution >= 0.6 is 11.6 Å². The smallest absolute Gasteiger partial charge is 0.410 e. The van der Waals surface area contributed by atoms with E-state index in [0.717, 1.165) is 35.3 Å². The lowest BCUT2D eigenvalue weighted by Crippen LogP contribution is -2.65. The van der Waals surface area contributed by atoms with E-state index in [4.69, 9.17) is 16.3 Å². The van der Waals surface area contributed by atoms with Crippen LogP contribution in [0.2, 0.25) is 5.02 Å². The standard InChI is InChI=1S/C26H32ClN3O3/c1-17-20(9-7-10-21(17)27)26(15-30(16-26)24(32)33-25(2,3)4)28-19-13-12-18-8-6-11-23(31)29(5)22(18)14-19/h7,9-10,12-14,28H,6,8,11,15-16H2,1-5H3. The number of amides is 2. The van der Waals surface area contributed by atoms with Crippen molar-refractivity contribution in [3.8, 4) is 0 Å². The molecule has 0 unspecified atom stereocenters. The Bertz CT molecular complexity index is 1090. The number of halogens is 1. The Labute approximate surface area is 200 Å². The third kappa shape index (κ3) is 4.67. The van der Waals surface area contributed by atoms with E-state index in [1.807, 2.05) is 52.9 Å². The van der Waals surface area contributed by atoms with Crippen LogP contribution in [0.5, 0.6) is 0 Å². The molecule has 7 heteroatoms. The highest BCUT2D eigenvalue weighted by molar-refractivity contribution is 6.31. The van der Waals surface area contributed by atoms with Crippen LogP contribution in [0, 0.1) is 6.92 Å². The van der Waals surface area contributed by atoms with Crippen LogP contribution in [-0.4, -0.2) is 42.6 Å². The van der Waals surface area contributed by atoms with Gasteiger partial charge in [0.05, 0.1) is 18.6 Å². The molecule has 0 spiro atoms. The van der Waals surface area contributed by atoms with Gasteiger partial charge < -0.3 is 19.9 Å². The number of nitrogens with one attached hydrogen (secondary N) is 1. The molecule has 0 atom stereocenters. The molecule has 1 N–H and O–H groups in total. The van der Waals surface area contributed by atoms with E-state index in [2.05, 4.69) is 23.5 Å². The number of likely N-dealkylation sites (tertiary alicyclic amines) is 1. The normalized spacial score (nSPS) is 17.7. The summed E-state index contributed by atoms with van der Waals surface area (Å²) < 4.78 is 5.58. The zero-order valence-corrected chi connectivity index (χ0v) is 20.8. The first kappa shape index (κ1) is 23.4. The molecule has 2 aromatic rings. The van der Waals surface area contributed by atoms with E-state index in [1.165, 1.54) is 5.56 Å². The van der Waals surface area contributed by atoms with E-state index >= 15 is 0 Å². The molecule has 1 fully saturated rings. The summed E-state index contributed by atoms with van der Waals surface area (Å²) in [6.07, 6.45) is 1.98. The van der Waals surface area contributed by atoms with Crippen LogP contribution in [0.3, 0.4) is 0 Å². The highest BCUT2D eigenvalue weighted by Crippen LogP contribution is 2.41. The second-order valence-corrected chi connectivity index (χ2v) is 10.5. The lowest BCUT2D eigenvalue weighted by Gasteiger charge is -2.51. The molecule has 0 aromatic heterocycles. The van der Waals surface area contributed by atoms with Crippen LogP contribution in [0.25, 0.3) is 0 Å². The minimum absolute atomic E-state index is 0.131. The van der Waals surface area contributed by atoms with Crippen LogP contribution in [0.4, 0.5) is 16.2 Å².